The van der Waals surface area contributed by atoms with Crippen LogP contribution in [0.4, 0.5) is 0 Å². The third-order valence-electron chi connectivity index (χ3n) is 2.10. The van der Waals surface area contributed by atoms with E-state index in [1.54, 1.807) is 0 Å². The summed E-state index contributed by atoms with van der Waals surface area (Å²) in [7, 11) is 0. The second kappa shape index (κ2) is 3.73. The van der Waals surface area contributed by atoms with Crippen LogP contribution in [0.25, 0.3) is 0 Å². The van der Waals surface area contributed by atoms with Crippen LogP contribution in [0.1, 0.15) is 16.7 Å². The lowest BCUT2D eigenvalue weighted by atomic mass is 10.0. The monoisotopic (exact) mass is 223 g/mol. The standard InChI is InChI=1S/C10H10BrN/c1-7-8(2)10(11)4-3-9(7)5-6-12/h3-4H,5H2,1-2H3. The van der Waals surface area contributed by atoms with Crippen molar-refractivity contribution in [2.24, 2.45) is 0 Å². The fourth-order valence-electron chi connectivity index (χ4n) is 1.12. The molecule has 0 aliphatic rings. The van der Waals surface area contributed by atoms with Crippen LogP contribution in [0.2, 0.25) is 0 Å². The van der Waals surface area contributed by atoms with Gasteiger partial charge in [0.25, 0.3) is 0 Å². The van der Waals surface area contributed by atoms with Crippen LogP contribution in [0.15, 0.2) is 16.6 Å². The lowest BCUT2D eigenvalue weighted by Gasteiger charge is -2.06. The summed E-state index contributed by atoms with van der Waals surface area (Å²) in [4.78, 5) is 0. The number of rotatable bonds is 1. The molecule has 1 nitrogen and oxygen atoms in total. The van der Waals surface area contributed by atoms with E-state index in [1.165, 1.54) is 11.1 Å². The van der Waals surface area contributed by atoms with Crippen LogP contribution in [0, 0.1) is 25.2 Å². The number of nitriles is 1. The molecule has 1 aromatic rings. The lowest BCUT2D eigenvalue weighted by molar-refractivity contribution is 1.17. The average molecular weight is 224 g/mol. The first-order valence-corrected chi connectivity index (χ1v) is 4.57. The van der Waals surface area contributed by atoms with Gasteiger partial charge in [-0.15, -0.1) is 0 Å². The van der Waals surface area contributed by atoms with Gasteiger partial charge in [-0.2, -0.15) is 5.26 Å². The Labute approximate surface area is 81.2 Å². The van der Waals surface area contributed by atoms with Gasteiger partial charge in [-0.05, 0) is 36.6 Å². The number of benzene rings is 1. The van der Waals surface area contributed by atoms with Crippen LogP contribution >= 0.6 is 15.9 Å². The third kappa shape index (κ3) is 1.67. The van der Waals surface area contributed by atoms with Crippen LogP contribution in [-0.2, 0) is 6.42 Å². The van der Waals surface area contributed by atoms with Crippen molar-refractivity contribution < 1.29 is 0 Å². The Hall–Kier alpha value is -0.810. The molecule has 0 fully saturated rings. The minimum absolute atomic E-state index is 0.500. The molecular weight excluding hydrogens is 214 g/mol. The zero-order chi connectivity index (χ0) is 9.14. The van der Waals surface area contributed by atoms with E-state index in [2.05, 4.69) is 28.9 Å². The Kier molecular flexibility index (Phi) is 2.88. The summed E-state index contributed by atoms with van der Waals surface area (Å²) >= 11 is 3.45. The van der Waals surface area contributed by atoms with E-state index in [9.17, 15) is 0 Å². The number of hydrogen-bond donors (Lipinski definition) is 0. The highest BCUT2D eigenvalue weighted by atomic mass is 79.9. The van der Waals surface area contributed by atoms with Crippen LogP contribution in [0.3, 0.4) is 0 Å². The minimum Gasteiger partial charge on any atom is -0.198 e. The van der Waals surface area contributed by atoms with Crippen molar-refractivity contribution in [2.75, 3.05) is 0 Å². The first-order chi connectivity index (χ1) is 5.66. The molecule has 0 saturated carbocycles. The maximum Gasteiger partial charge on any atom is 0.0669 e. The Morgan fingerprint density at radius 1 is 1.33 bits per heavy atom. The fourth-order valence-corrected chi connectivity index (χ4v) is 1.55. The summed E-state index contributed by atoms with van der Waals surface area (Å²) in [5.74, 6) is 0. The molecule has 0 aliphatic heterocycles. The van der Waals surface area contributed by atoms with E-state index in [0.717, 1.165) is 10.0 Å². The first-order valence-electron chi connectivity index (χ1n) is 3.78. The molecule has 1 rings (SSSR count). The quantitative estimate of drug-likeness (QED) is 0.718. The fraction of sp³-hybridized carbons (Fsp3) is 0.300. The van der Waals surface area contributed by atoms with E-state index in [0.29, 0.717) is 6.42 Å². The van der Waals surface area contributed by atoms with Crippen molar-refractivity contribution >= 4 is 15.9 Å². The topological polar surface area (TPSA) is 23.8 Å². The second-order valence-electron chi connectivity index (χ2n) is 2.79. The van der Waals surface area contributed by atoms with E-state index in [4.69, 9.17) is 5.26 Å². The molecule has 0 unspecified atom stereocenters. The Bertz CT molecular complexity index is 336. The van der Waals surface area contributed by atoms with E-state index >= 15 is 0 Å². The molecule has 0 bridgehead atoms. The van der Waals surface area contributed by atoms with E-state index < -0.39 is 0 Å². The summed E-state index contributed by atoms with van der Waals surface area (Å²) in [6.07, 6.45) is 0.500. The van der Waals surface area contributed by atoms with Gasteiger partial charge in [0.2, 0.25) is 0 Å². The summed E-state index contributed by atoms with van der Waals surface area (Å²) < 4.78 is 1.11. The van der Waals surface area contributed by atoms with Gasteiger partial charge in [0.15, 0.2) is 0 Å². The smallest absolute Gasteiger partial charge is 0.0669 e. The Balaban J connectivity index is 3.19. The molecule has 0 saturated heterocycles. The van der Waals surface area contributed by atoms with Crippen molar-refractivity contribution in [1.29, 1.82) is 5.26 Å². The molecule has 62 valence electrons. The van der Waals surface area contributed by atoms with Crippen LogP contribution < -0.4 is 0 Å². The zero-order valence-corrected chi connectivity index (χ0v) is 8.77. The van der Waals surface area contributed by atoms with Crippen molar-refractivity contribution in [3.63, 3.8) is 0 Å². The SMILES string of the molecule is Cc1c(Br)ccc(CC#N)c1C. The second-order valence-corrected chi connectivity index (χ2v) is 3.65. The van der Waals surface area contributed by atoms with Gasteiger partial charge in [-0.1, -0.05) is 22.0 Å². The predicted octanol–water partition coefficient (Wildman–Crippen LogP) is 3.13. The highest BCUT2D eigenvalue weighted by molar-refractivity contribution is 9.10. The molecule has 2 heteroatoms. The molecule has 0 heterocycles. The lowest BCUT2D eigenvalue weighted by Crippen LogP contribution is -1.91. The van der Waals surface area contributed by atoms with Gasteiger partial charge < -0.3 is 0 Å². The number of halogens is 1. The summed E-state index contributed by atoms with van der Waals surface area (Å²) in [5, 5.41) is 8.54. The molecular formula is C10H10BrN. The molecule has 0 aliphatic carbocycles. The molecule has 0 radical (unpaired) electrons. The van der Waals surface area contributed by atoms with Crippen molar-refractivity contribution in [3.05, 3.63) is 33.3 Å². The molecule has 1 aromatic carbocycles. The summed E-state index contributed by atoms with van der Waals surface area (Å²) in [6, 6.07) is 6.15. The largest absolute Gasteiger partial charge is 0.198 e. The summed E-state index contributed by atoms with van der Waals surface area (Å²) in [5.41, 5.74) is 3.56. The Morgan fingerprint density at radius 2 is 2.00 bits per heavy atom. The Morgan fingerprint density at radius 3 is 2.58 bits per heavy atom. The molecule has 0 N–H and O–H groups in total. The predicted molar refractivity (Wildman–Crippen MR) is 52.9 cm³/mol. The van der Waals surface area contributed by atoms with Crippen molar-refractivity contribution in [3.8, 4) is 6.07 Å². The van der Waals surface area contributed by atoms with Gasteiger partial charge >= 0.3 is 0 Å². The first kappa shape index (κ1) is 9.28. The van der Waals surface area contributed by atoms with Gasteiger partial charge in [-0.25, -0.2) is 0 Å². The molecule has 0 spiro atoms. The molecule has 0 aromatic heterocycles. The van der Waals surface area contributed by atoms with Gasteiger partial charge in [-0.3, -0.25) is 0 Å². The van der Waals surface area contributed by atoms with Crippen molar-refractivity contribution in [2.45, 2.75) is 20.3 Å². The van der Waals surface area contributed by atoms with E-state index in [1.807, 2.05) is 19.1 Å². The maximum atomic E-state index is 8.54. The van der Waals surface area contributed by atoms with Gasteiger partial charge in [0.1, 0.15) is 0 Å². The molecule has 0 amide bonds. The van der Waals surface area contributed by atoms with Crippen LogP contribution in [-0.4, -0.2) is 0 Å². The van der Waals surface area contributed by atoms with Crippen LogP contribution in [0.5, 0.6) is 0 Å². The summed E-state index contributed by atoms with van der Waals surface area (Å²) in [6.45, 7) is 4.10. The van der Waals surface area contributed by atoms with E-state index in [-0.39, 0.29) is 0 Å². The minimum atomic E-state index is 0.500. The van der Waals surface area contributed by atoms with Gasteiger partial charge in [0, 0.05) is 4.47 Å². The molecule has 0 atom stereocenters. The average Bonchev–Trinajstić information content (AvgIpc) is 2.07. The highest BCUT2D eigenvalue weighted by Gasteiger charge is 2.02. The van der Waals surface area contributed by atoms with Crippen molar-refractivity contribution in [1.82, 2.24) is 0 Å². The maximum absolute atomic E-state index is 8.54. The number of nitrogens with zero attached hydrogens (tertiary/aromatic N) is 1. The normalized spacial score (nSPS) is 9.50. The molecule has 12 heavy (non-hydrogen) atoms. The zero-order valence-electron chi connectivity index (χ0n) is 7.19. The third-order valence-corrected chi connectivity index (χ3v) is 2.96. The number of hydrogen-bond acceptors (Lipinski definition) is 1. The highest BCUT2D eigenvalue weighted by Crippen LogP contribution is 2.22. The van der Waals surface area contributed by atoms with Gasteiger partial charge in [0.05, 0.1) is 12.5 Å².